The van der Waals surface area contributed by atoms with Crippen molar-refractivity contribution in [1.82, 2.24) is 14.8 Å². The number of carbonyl (C=O) groups excluding carboxylic acids is 1. The van der Waals surface area contributed by atoms with Crippen LogP contribution in [0.4, 0.5) is 11.5 Å². The summed E-state index contributed by atoms with van der Waals surface area (Å²) >= 11 is 0. The van der Waals surface area contributed by atoms with Gasteiger partial charge in [0.05, 0.1) is 43.0 Å². The Balaban J connectivity index is 2.13. The van der Waals surface area contributed by atoms with Crippen LogP contribution in [0.3, 0.4) is 0 Å². The van der Waals surface area contributed by atoms with Crippen molar-refractivity contribution in [3.8, 4) is 11.4 Å². The maximum absolute atomic E-state index is 12.3. The van der Waals surface area contributed by atoms with Gasteiger partial charge in [-0.1, -0.05) is 20.8 Å². The van der Waals surface area contributed by atoms with Gasteiger partial charge in [-0.05, 0) is 36.8 Å². The summed E-state index contributed by atoms with van der Waals surface area (Å²) in [6, 6.07) is 9.14. The van der Waals surface area contributed by atoms with Crippen LogP contribution in [0.25, 0.3) is 5.69 Å². The van der Waals surface area contributed by atoms with Crippen molar-refractivity contribution in [2.75, 3.05) is 19.5 Å². The Hall–Kier alpha value is -3.35. The van der Waals surface area contributed by atoms with Crippen LogP contribution in [0.2, 0.25) is 0 Å². The highest BCUT2D eigenvalue weighted by molar-refractivity contribution is 5.97. The average Bonchev–Trinajstić information content (AvgIpc) is 3.12. The summed E-state index contributed by atoms with van der Waals surface area (Å²) in [7, 11) is 2.91. The summed E-state index contributed by atoms with van der Waals surface area (Å²) in [5.74, 6) is 0.843. The van der Waals surface area contributed by atoms with Gasteiger partial charge in [-0.2, -0.15) is 5.10 Å². The van der Waals surface area contributed by atoms with E-state index in [1.807, 2.05) is 23.7 Å². The van der Waals surface area contributed by atoms with Crippen LogP contribution in [0.5, 0.6) is 5.75 Å². The van der Waals surface area contributed by atoms with Crippen molar-refractivity contribution >= 4 is 17.5 Å². The molecule has 0 saturated carbocycles. The molecule has 2 aromatic heterocycles. The van der Waals surface area contributed by atoms with E-state index in [2.05, 4.69) is 31.1 Å². The normalized spacial score (nSPS) is 11.2. The van der Waals surface area contributed by atoms with E-state index in [1.165, 1.54) is 7.11 Å². The molecular weight excluding hydrogens is 368 g/mol. The largest absolute Gasteiger partial charge is 0.497 e. The number of hydrogen-bond donors (Lipinski definition) is 1. The fourth-order valence-corrected chi connectivity index (χ4v) is 2.87. The number of carbonyl (C=O) groups is 1. The fraction of sp³-hybridized carbons (Fsp3) is 0.318. The molecule has 0 spiro atoms. The number of anilines is 2. The monoisotopic (exact) mass is 394 g/mol. The summed E-state index contributed by atoms with van der Waals surface area (Å²) in [5, 5.41) is 8.15. The van der Waals surface area contributed by atoms with Gasteiger partial charge in [0.15, 0.2) is 0 Å². The van der Waals surface area contributed by atoms with E-state index in [4.69, 9.17) is 14.6 Å². The minimum atomic E-state index is -0.453. The van der Waals surface area contributed by atoms with Crippen molar-refractivity contribution in [1.29, 1.82) is 0 Å². The Morgan fingerprint density at radius 1 is 1.14 bits per heavy atom. The first-order valence-electron chi connectivity index (χ1n) is 9.29. The average molecular weight is 394 g/mol. The molecule has 0 aliphatic carbocycles. The van der Waals surface area contributed by atoms with E-state index in [1.54, 1.807) is 37.7 Å². The third kappa shape index (κ3) is 4.23. The van der Waals surface area contributed by atoms with Crippen molar-refractivity contribution in [2.24, 2.45) is 0 Å². The minimum Gasteiger partial charge on any atom is -0.497 e. The van der Waals surface area contributed by atoms with Gasteiger partial charge in [0.25, 0.3) is 0 Å². The number of aryl methyl sites for hydroxylation is 1. The Bertz CT molecular complexity index is 1030. The molecule has 0 radical (unpaired) electrons. The molecule has 0 saturated heterocycles. The molecular formula is C22H26N4O3. The van der Waals surface area contributed by atoms with Gasteiger partial charge in [0.1, 0.15) is 11.6 Å². The second-order valence-corrected chi connectivity index (χ2v) is 7.77. The summed E-state index contributed by atoms with van der Waals surface area (Å²) in [6.45, 7) is 8.32. The zero-order chi connectivity index (χ0) is 21.2. The number of ether oxygens (including phenoxy) is 2. The van der Waals surface area contributed by atoms with Gasteiger partial charge < -0.3 is 14.8 Å². The van der Waals surface area contributed by atoms with Crippen molar-refractivity contribution in [3.05, 3.63) is 59.5 Å². The van der Waals surface area contributed by atoms with Gasteiger partial charge in [0, 0.05) is 17.7 Å². The molecule has 0 aliphatic heterocycles. The summed E-state index contributed by atoms with van der Waals surface area (Å²) in [4.78, 5) is 16.6. The van der Waals surface area contributed by atoms with Gasteiger partial charge in [0.2, 0.25) is 0 Å². The lowest BCUT2D eigenvalue weighted by Gasteiger charge is -2.14. The number of benzene rings is 1. The number of rotatable bonds is 5. The van der Waals surface area contributed by atoms with Gasteiger partial charge in [-0.3, -0.25) is 4.98 Å². The van der Waals surface area contributed by atoms with Crippen LogP contribution in [0.1, 0.15) is 42.4 Å². The lowest BCUT2D eigenvalue weighted by Crippen LogP contribution is -2.13. The summed E-state index contributed by atoms with van der Waals surface area (Å²) in [5.41, 5.74) is 3.63. The van der Waals surface area contributed by atoms with Crippen LogP contribution < -0.4 is 10.1 Å². The molecule has 29 heavy (non-hydrogen) atoms. The molecule has 2 heterocycles. The van der Waals surface area contributed by atoms with E-state index < -0.39 is 5.97 Å². The van der Waals surface area contributed by atoms with E-state index in [-0.39, 0.29) is 5.41 Å². The summed E-state index contributed by atoms with van der Waals surface area (Å²) < 4.78 is 12.0. The van der Waals surface area contributed by atoms with Crippen LogP contribution >= 0.6 is 0 Å². The first-order valence-corrected chi connectivity index (χ1v) is 9.29. The second-order valence-electron chi connectivity index (χ2n) is 7.77. The molecule has 0 fully saturated rings. The maximum Gasteiger partial charge on any atom is 0.340 e. The van der Waals surface area contributed by atoms with Gasteiger partial charge in [-0.25, -0.2) is 9.48 Å². The molecule has 152 valence electrons. The van der Waals surface area contributed by atoms with Crippen molar-refractivity contribution in [3.63, 3.8) is 0 Å². The molecule has 1 N–H and O–H groups in total. The fourth-order valence-electron chi connectivity index (χ4n) is 2.87. The number of esters is 1. The number of nitrogens with zero attached hydrogens (tertiary/aromatic N) is 3. The Morgan fingerprint density at radius 3 is 2.52 bits per heavy atom. The Morgan fingerprint density at radius 2 is 1.90 bits per heavy atom. The molecule has 0 amide bonds. The molecule has 3 rings (SSSR count). The molecule has 1 aromatic carbocycles. The molecule has 7 heteroatoms. The third-order valence-electron chi connectivity index (χ3n) is 4.61. The van der Waals surface area contributed by atoms with E-state index >= 15 is 0 Å². The zero-order valence-electron chi connectivity index (χ0n) is 17.6. The SMILES string of the molecule is COC(=O)c1cc(OC)ccc1Nc1cc(C(C)(C)C)nn1-c1cnccc1C. The summed E-state index contributed by atoms with van der Waals surface area (Å²) in [6.07, 6.45) is 3.52. The van der Waals surface area contributed by atoms with Crippen LogP contribution in [-0.4, -0.2) is 35.0 Å². The highest BCUT2D eigenvalue weighted by Crippen LogP contribution is 2.31. The van der Waals surface area contributed by atoms with Crippen molar-refractivity contribution < 1.29 is 14.3 Å². The number of hydrogen-bond acceptors (Lipinski definition) is 6. The number of nitrogens with one attached hydrogen (secondary N) is 1. The van der Waals surface area contributed by atoms with Crippen LogP contribution in [0, 0.1) is 6.92 Å². The molecule has 7 nitrogen and oxygen atoms in total. The zero-order valence-corrected chi connectivity index (χ0v) is 17.6. The standard InChI is InChI=1S/C22H26N4O3/c1-14-9-10-23-13-18(14)26-20(12-19(25-26)22(2,3)4)24-17-8-7-15(28-5)11-16(17)21(27)29-6/h7-13,24H,1-6H3. The minimum absolute atomic E-state index is 0.150. The number of aromatic nitrogens is 3. The topological polar surface area (TPSA) is 78.3 Å². The van der Waals surface area contributed by atoms with Gasteiger partial charge >= 0.3 is 5.97 Å². The van der Waals surface area contributed by atoms with Gasteiger partial charge in [-0.15, -0.1) is 0 Å². The lowest BCUT2D eigenvalue weighted by atomic mass is 9.92. The molecule has 0 bridgehead atoms. The third-order valence-corrected chi connectivity index (χ3v) is 4.61. The second kappa shape index (κ2) is 7.95. The molecule has 3 aromatic rings. The Kier molecular flexibility index (Phi) is 5.59. The predicted octanol–water partition coefficient (Wildman–Crippen LogP) is 4.41. The Labute approximate surface area is 170 Å². The first kappa shape index (κ1) is 20.4. The smallest absolute Gasteiger partial charge is 0.340 e. The highest BCUT2D eigenvalue weighted by Gasteiger charge is 2.22. The highest BCUT2D eigenvalue weighted by atomic mass is 16.5. The van der Waals surface area contributed by atoms with Crippen molar-refractivity contribution in [2.45, 2.75) is 33.1 Å². The predicted molar refractivity (Wildman–Crippen MR) is 112 cm³/mol. The first-order chi connectivity index (χ1) is 13.7. The molecule has 0 unspecified atom stereocenters. The molecule has 0 atom stereocenters. The van der Waals surface area contributed by atoms with E-state index in [0.29, 0.717) is 17.0 Å². The van der Waals surface area contributed by atoms with Crippen LogP contribution in [0.15, 0.2) is 42.7 Å². The molecule has 0 aliphatic rings. The van der Waals surface area contributed by atoms with Crippen LogP contribution in [-0.2, 0) is 10.2 Å². The lowest BCUT2D eigenvalue weighted by molar-refractivity contribution is 0.0601. The number of methoxy groups -OCH3 is 2. The van der Waals surface area contributed by atoms with E-state index in [9.17, 15) is 4.79 Å². The van der Waals surface area contributed by atoms with E-state index in [0.717, 1.165) is 22.8 Å². The maximum atomic E-state index is 12.3. The number of pyridine rings is 1. The quantitative estimate of drug-likeness (QED) is 0.646.